The highest BCUT2D eigenvalue weighted by Gasteiger charge is 2.34. The van der Waals surface area contributed by atoms with Crippen LogP contribution < -0.4 is 5.32 Å². The molecule has 0 unspecified atom stereocenters. The van der Waals surface area contributed by atoms with Crippen LogP contribution in [-0.4, -0.2) is 38.4 Å². The molecule has 1 aromatic carbocycles. The maximum Gasteiger partial charge on any atom is 0.229 e. The van der Waals surface area contributed by atoms with Crippen LogP contribution in [0, 0.1) is 12.8 Å². The van der Waals surface area contributed by atoms with Crippen LogP contribution in [0.15, 0.2) is 42.6 Å². The summed E-state index contributed by atoms with van der Waals surface area (Å²) in [6.45, 7) is 2.79. The molecule has 0 spiro atoms. The predicted molar refractivity (Wildman–Crippen MR) is 97.2 cm³/mol. The van der Waals surface area contributed by atoms with Gasteiger partial charge in [-0.1, -0.05) is 6.07 Å². The van der Waals surface area contributed by atoms with Crippen molar-refractivity contribution < 1.29 is 9.59 Å². The van der Waals surface area contributed by atoms with E-state index in [-0.39, 0.29) is 24.2 Å². The number of hydrogen-bond acceptors (Lipinski definition) is 4. The van der Waals surface area contributed by atoms with Crippen molar-refractivity contribution in [3.05, 3.63) is 54.0 Å². The van der Waals surface area contributed by atoms with Crippen molar-refractivity contribution in [1.29, 1.82) is 0 Å². The van der Waals surface area contributed by atoms with Gasteiger partial charge in [0.15, 0.2) is 0 Å². The number of aromatic nitrogens is 3. The first-order valence-electron chi connectivity index (χ1n) is 8.53. The highest BCUT2D eigenvalue weighted by molar-refractivity contribution is 5.98. The summed E-state index contributed by atoms with van der Waals surface area (Å²) < 4.78 is 0. The zero-order chi connectivity index (χ0) is 18.1. The number of amides is 2. The molecule has 1 atom stereocenters. The van der Waals surface area contributed by atoms with E-state index in [1.807, 2.05) is 43.3 Å². The van der Waals surface area contributed by atoms with E-state index in [1.54, 1.807) is 11.1 Å². The molecule has 1 fully saturated rings. The Morgan fingerprint density at radius 3 is 3.04 bits per heavy atom. The first-order valence-corrected chi connectivity index (χ1v) is 8.53. The van der Waals surface area contributed by atoms with Crippen molar-refractivity contribution in [3.8, 4) is 0 Å². The molecular weight excluding hydrogens is 330 g/mol. The molecular formula is C19H19N5O2. The lowest BCUT2D eigenvalue weighted by Gasteiger charge is -2.16. The third kappa shape index (κ3) is 3.15. The number of rotatable bonds is 4. The van der Waals surface area contributed by atoms with Crippen LogP contribution >= 0.6 is 0 Å². The molecule has 0 radical (unpaired) electrons. The molecule has 0 bridgehead atoms. The summed E-state index contributed by atoms with van der Waals surface area (Å²) in [5, 5.41) is 11.1. The van der Waals surface area contributed by atoms with Gasteiger partial charge in [0.2, 0.25) is 11.8 Å². The molecule has 7 heteroatoms. The lowest BCUT2D eigenvalue weighted by Crippen LogP contribution is -2.28. The molecule has 7 nitrogen and oxygen atoms in total. The minimum absolute atomic E-state index is 0.0193. The smallest absolute Gasteiger partial charge is 0.229 e. The number of nitrogens with zero attached hydrogens (tertiary/aromatic N) is 3. The molecule has 1 aliphatic rings. The lowest BCUT2D eigenvalue weighted by atomic mass is 10.1. The monoisotopic (exact) mass is 349 g/mol. The first-order chi connectivity index (χ1) is 12.6. The van der Waals surface area contributed by atoms with Crippen LogP contribution in [0.3, 0.4) is 0 Å². The molecule has 2 N–H and O–H groups in total. The van der Waals surface area contributed by atoms with Gasteiger partial charge in [-0.25, -0.2) is 0 Å². The quantitative estimate of drug-likeness (QED) is 0.756. The summed E-state index contributed by atoms with van der Waals surface area (Å²) in [5.74, 6) is -0.523. The topological polar surface area (TPSA) is 91.0 Å². The number of hydrogen-bond donors (Lipinski definition) is 2. The number of anilines is 1. The van der Waals surface area contributed by atoms with Crippen molar-refractivity contribution in [2.24, 2.45) is 5.92 Å². The van der Waals surface area contributed by atoms with Crippen LogP contribution in [0.1, 0.15) is 17.8 Å². The third-order valence-electron chi connectivity index (χ3n) is 4.68. The van der Waals surface area contributed by atoms with Gasteiger partial charge in [0.25, 0.3) is 0 Å². The molecule has 26 heavy (non-hydrogen) atoms. The molecule has 132 valence electrons. The van der Waals surface area contributed by atoms with Gasteiger partial charge in [-0.15, -0.1) is 0 Å². The van der Waals surface area contributed by atoms with Gasteiger partial charge in [0.1, 0.15) is 0 Å². The van der Waals surface area contributed by atoms with Gasteiger partial charge in [-0.05, 0) is 37.3 Å². The van der Waals surface area contributed by atoms with E-state index in [9.17, 15) is 9.59 Å². The number of nitrogens with one attached hydrogen (secondary N) is 2. The van der Waals surface area contributed by atoms with Crippen LogP contribution in [-0.2, 0) is 16.1 Å². The number of carbonyl (C=O) groups excluding carboxylic acids is 2. The summed E-state index contributed by atoms with van der Waals surface area (Å²) in [5.41, 5.74) is 3.30. The van der Waals surface area contributed by atoms with E-state index in [4.69, 9.17) is 0 Å². The lowest BCUT2D eigenvalue weighted by molar-refractivity contribution is -0.128. The molecule has 2 amide bonds. The number of aromatic amines is 1. The van der Waals surface area contributed by atoms with Crippen LogP contribution in [0.2, 0.25) is 0 Å². The molecule has 0 saturated carbocycles. The Hall–Kier alpha value is -3.22. The van der Waals surface area contributed by atoms with Crippen LogP contribution in [0.4, 0.5) is 5.69 Å². The maximum absolute atomic E-state index is 12.6. The second-order valence-corrected chi connectivity index (χ2v) is 6.57. The van der Waals surface area contributed by atoms with Crippen molar-refractivity contribution in [2.45, 2.75) is 19.9 Å². The Balaban J connectivity index is 1.42. The van der Waals surface area contributed by atoms with Gasteiger partial charge >= 0.3 is 0 Å². The maximum atomic E-state index is 12.6. The fraction of sp³-hybridized carbons (Fsp3) is 0.263. The minimum Gasteiger partial charge on any atom is -0.336 e. The molecule has 0 aliphatic carbocycles. The summed E-state index contributed by atoms with van der Waals surface area (Å²) in [6, 6.07) is 11.2. The number of fused-ring (bicyclic) bond motifs is 1. The largest absolute Gasteiger partial charge is 0.336 e. The predicted octanol–water partition coefficient (Wildman–Crippen LogP) is 2.25. The van der Waals surface area contributed by atoms with Crippen LogP contribution in [0.25, 0.3) is 10.9 Å². The fourth-order valence-electron chi connectivity index (χ4n) is 3.26. The second kappa shape index (κ2) is 6.59. The van der Waals surface area contributed by atoms with E-state index >= 15 is 0 Å². The Bertz CT molecular complexity index is 966. The average molecular weight is 349 g/mol. The van der Waals surface area contributed by atoms with Gasteiger partial charge < -0.3 is 10.2 Å². The fourth-order valence-corrected chi connectivity index (χ4v) is 3.26. The molecule has 2 aromatic heterocycles. The Morgan fingerprint density at radius 1 is 1.35 bits per heavy atom. The Morgan fingerprint density at radius 2 is 2.23 bits per heavy atom. The zero-order valence-corrected chi connectivity index (χ0v) is 14.4. The van der Waals surface area contributed by atoms with E-state index in [1.165, 1.54) is 0 Å². The third-order valence-corrected chi connectivity index (χ3v) is 4.68. The highest BCUT2D eigenvalue weighted by Crippen LogP contribution is 2.23. The SMILES string of the molecule is Cc1[nH]nc2cc(NC(=O)[C@@H]3CC(=O)N(Cc4ccccn4)C3)ccc12. The Kier molecular flexibility index (Phi) is 4.12. The zero-order valence-electron chi connectivity index (χ0n) is 14.4. The molecule has 1 saturated heterocycles. The summed E-state index contributed by atoms with van der Waals surface area (Å²) in [4.78, 5) is 30.7. The summed E-state index contributed by atoms with van der Waals surface area (Å²) >= 11 is 0. The van der Waals surface area contributed by atoms with E-state index in [0.717, 1.165) is 22.3 Å². The van der Waals surface area contributed by atoms with E-state index in [0.29, 0.717) is 18.8 Å². The first kappa shape index (κ1) is 16.3. The van der Waals surface area contributed by atoms with Crippen LogP contribution in [0.5, 0.6) is 0 Å². The number of H-pyrrole nitrogens is 1. The van der Waals surface area contributed by atoms with Crippen molar-refractivity contribution in [3.63, 3.8) is 0 Å². The van der Waals surface area contributed by atoms with Crippen molar-refractivity contribution in [2.75, 3.05) is 11.9 Å². The van der Waals surface area contributed by atoms with E-state index in [2.05, 4.69) is 20.5 Å². The normalized spacial score (nSPS) is 17.0. The number of pyridine rings is 1. The van der Waals surface area contributed by atoms with Crippen molar-refractivity contribution >= 4 is 28.4 Å². The number of likely N-dealkylation sites (tertiary alicyclic amines) is 1. The number of carbonyl (C=O) groups is 2. The second-order valence-electron chi connectivity index (χ2n) is 6.57. The van der Waals surface area contributed by atoms with Gasteiger partial charge in [-0.2, -0.15) is 5.10 Å². The van der Waals surface area contributed by atoms with Gasteiger partial charge in [0.05, 0.1) is 23.7 Å². The number of aryl methyl sites for hydroxylation is 1. The molecule has 3 aromatic rings. The highest BCUT2D eigenvalue weighted by atomic mass is 16.2. The summed E-state index contributed by atoms with van der Waals surface area (Å²) in [7, 11) is 0. The van der Waals surface area contributed by atoms with E-state index < -0.39 is 0 Å². The molecule has 3 heterocycles. The standard InChI is InChI=1S/C19H19N5O2/c1-12-16-6-5-14(9-17(16)23-22-12)21-19(26)13-8-18(25)24(10-13)11-15-4-2-3-7-20-15/h2-7,9,13H,8,10-11H2,1H3,(H,21,26)(H,22,23)/t13-/m1/s1. The van der Waals surface area contributed by atoms with Crippen molar-refractivity contribution in [1.82, 2.24) is 20.1 Å². The molecule has 4 rings (SSSR count). The summed E-state index contributed by atoms with van der Waals surface area (Å²) in [6.07, 6.45) is 1.93. The minimum atomic E-state index is -0.358. The van der Waals surface area contributed by atoms with Gasteiger partial charge in [0, 0.05) is 35.9 Å². The molecule has 1 aliphatic heterocycles. The average Bonchev–Trinajstić information content (AvgIpc) is 3.19. The van der Waals surface area contributed by atoms with Gasteiger partial charge in [-0.3, -0.25) is 19.7 Å². The number of benzene rings is 1. The Labute approximate surface area is 150 Å².